The van der Waals surface area contributed by atoms with Gasteiger partial charge in [0.15, 0.2) is 0 Å². The summed E-state index contributed by atoms with van der Waals surface area (Å²) < 4.78 is 5.12. The number of esters is 1. The van der Waals surface area contributed by atoms with E-state index in [4.69, 9.17) is 4.74 Å². The molecule has 2 fully saturated rings. The van der Waals surface area contributed by atoms with Gasteiger partial charge in [0.05, 0.1) is 0 Å². The van der Waals surface area contributed by atoms with E-state index in [1.165, 1.54) is 51.0 Å². The van der Waals surface area contributed by atoms with E-state index in [1.807, 2.05) is 12.1 Å². The summed E-state index contributed by atoms with van der Waals surface area (Å²) in [6.45, 7) is 1.44. The summed E-state index contributed by atoms with van der Waals surface area (Å²) in [6, 6.07) is 8.15. The van der Waals surface area contributed by atoms with Crippen molar-refractivity contribution in [3.63, 3.8) is 0 Å². The molecule has 2 bridgehead atoms. The van der Waals surface area contributed by atoms with Crippen LogP contribution in [0.4, 0.5) is 0 Å². The molecule has 4 rings (SSSR count). The highest BCUT2D eigenvalue weighted by atomic mass is 16.5. The third-order valence-corrected chi connectivity index (χ3v) is 6.32. The summed E-state index contributed by atoms with van der Waals surface area (Å²) in [6.07, 6.45) is 13.2. The van der Waals surface area contributed by atoms with Crippen LogP contribution in [0.1, 0.15) is 56.9 Å². The quantitative estimate of drug-likeness (QED) is 0.441. The van der Waals surface area contributed by atoms with E-state index in [2.05, 4.69) is 24.3 Å². The molecule has 1 aromatic carbocycles. The second-order valence-corrected chi connectivity index (χ2v) is 7.72. The zero-order valence-electron chi connectivity index (χ0n) is 13.9. The Morgan fingerprint density at radius 2 is 1.74 bits per heavy atom. The van der Waals surface area contributed by atoms with Crippen LogP contribution < -0.4 is 4.74 Å². The van der Waals surface area contributed by atoms with Crippen molar-refractivity contribution in [3.8, 4) is 5.75 Å². The fraction of sp³-hybridized carbons (Fsp3) is 0.571. The fourth-order valence-electron chi connectivity index (χ4n) is 5.22. The molecule has 3 unspecified atom stereocenters. The lowest BCUT2D eigenvalue weighted by Crippen LogP contribution is -2.24. The number of carbonyl (C=O) groups is 1. The summed E-state index contributed by atoms with van der Waals surface area (Å²) in [7, 11) is 0. The predicted molar refractivity (Wildman–Crippen MR) is 91.3 cm³/mol. The highest BCUT2D eigenvalue weighted by Gasteiger charge is 2.40. The van der Waals surface area contributed by atoms with Crippen molar-refractivity contribution < 1.29 is 9.53 Å². The maximum atomic E-state index is 11.0. The maximum Gasteiger partial charge on any atom is 0.308 e. The van der Waals surface area contributed by atoms with E-state index >= 15 is 0 Å². The number of hydrogen-bond donors (Lipinski definition) is 0. The lowest BCUT2D eigenvalue weighted by atomic mass is 9.70. The predicted octanol–water partition coefficient (Wildman–Crippen LogP) is 5.10. The monoisotopic (exact) mass is 310 g/mol. The van der Waals surface area contributed by atoms with E-state index < -0.39 is 0 Å². The Balaban J connectivity index is 1.34. The summed E-state index contributed by atoms with van der Waals surface area (Å²) in [5.74, 6) is 4.80. The second kappa shape index (κ2) is 6.14. The van der Waals surface area contributed by atoms with Crippen LogP contribution in [0.2, 0.25) is 0 Å². The maximum absolute atomic E-state index is 11.0. The Hall–Kier alpha value is -1.57. The molecule has 2 nitrogen and oxygen atoms in total. The van der Waals surface area contributed by atoms with Gasteiger partial charge in [0.2, 0.25) is 0 Å². The van der Waals surface area contributed by atoms with Gasteiger partial charge in [0.25, 0.3) is 0 Å². The molecule has 0 aromatic heterocycles. The molecule has 3 atom stereocenters. The van der Waals surface area contributed by atoms with Crippen molar-refractivity contribution in [2.24, 2.45) is 23.7 Å². The van der Waals surface area contributed by atoms with Crippen LogP contribution in [0.5, 0.6) is 5.75 Å². The Morgan fingerprint density at radius 1 is 1.00 bits per heavy atom. The van der Waals surface area contributed by atoms with Crippen molar-refractivity contribution in [1.82, 2.24) is 0 Å². The lowest BCUT2D eigenvalue weighted by Gasteiger charge is -2.35. The summed E-state index contributed by atoms with van der Waals surface area (Å²) in [5.41, 5.74) is 1.41. The fourth-order valence-corrected chi connectivity index (χ4v) is 5.22. The number of ether oxygens (including phenoxy) is 1. The molecule has 1 aromatic rings. The first-order valence-corrected chi connectivity index (χ1v) is 9.16. The van der Waals surface area contributed by atoms with Gasteiger partial charge in [-0.05, 0) is 85.8 Å². The molecule has 0 radical (unpaired) electrons. The van der Waals surface area contributed by atoms with Gasteiger partial charge in [0.1, 0.15) is 5.75 Å². The minimum absolute atomic E-state index is 0.252. The van der Waals surface area contributed by atoms with E-state index in [1.54, 1.807) is 0 Å². The third kappa shape index (κ3) is 3.08. The van der Waals surface area contributed by atoms with Gasteiger partial charge in [-0.2, -0.15) is 0 Å². The molecule has 0 spiro atoms. The van der Waals surface area contributed by atoms with Crippen LogP contribution in [0.25, 0.3) is 0 Å². The number of benzene rings is 1. The molecule has 0 amide bonds. The topological polar surface area (TPSA) is 26.3 Å². The molecule has 122 valence electrons. The van der Waals surface area contributed by atoms with Crippen molar-refractivity contribution in [2.45, 2.75) is 51.4 Å². The van der Waals surface area contributed by atoms with E-state index in [9.17, 15) is 4.79 Å². The van der Waals surface area contributed by atoms with Crippen molar-refractivity contribution >= 4 is 5.97 Å². The normalized spacial score (nSPS) is 35.4. The van der Waals surface area contributed by atoms with Crippen LogP contribution in [0.15, 0.2) is 36.4 Å². The molecule has 0 saturated heterocycles. The Labute approximate surface area is 138 Å². The van der Waals surface area contributed by atoms with Gasteiger partial charge in [-0.1, -0.05) is 24.3 Å². The summed E-state index contributed by atoms with van der Waals surface area (Å²) in [4.78, 5) is 11.0. The summed E-state index contributed by atoms with van der Waals surface area (Å²) in [5, 5.41) is 0. The van der Waals surface area contributed by atoms with Crippen LogP contribution in [-0.2, 0) is 4.79 Å². The highest BCUT2D eigenvalue weighted by Crippen LogP contribution is 2.51. The average molecular weight is 310 g/mol. The minimum Gasteiger partial charge on any atom is -0.427 e. The van der Waals surface area contributed by atoms with Gasteiger partial charge in [0, 0.05) is 6.92 Å². The van der Waals surface area contributed by atoms with Gasteiger partial charge in [-0.3, -0.25) is 4.79 Å². The molecular formula is C21H26O2. The van der Waals surface area contributed by atoms with Crippen LogP contribution >= 0.6 is 0 Å². The number of hydrogen-bond acceptors (Lipinski definition) is 2. The van der Waals surface area contributed by atoms with Crippen LogP contribution in [0, 0.1) is 23.7 Å². The SMILES string of the molecule is CC(=O)Oc1ccc(C2CCC(C3CC4C=CC3C4)CC2)cc1. The third-order valence-electron chi connectivity index (χ3n) is 6.32. The smallest absolute Gasteiger partial charge is 0.308 e. The standard InChI is InChI=1S/C21H26O2/c1-14(22)23-20-10-8-17(9-11-20)16-4-6-18(7-5-16)21-13-15-2-3-19(21)12-15/h2-3,8-11,15-16,18-19,21H,4-7,12-13H2,1H3. The average Bonchev–Trinajstić information content (AvgIpc) is 3.18. The Morgan fingerprint density at radius 3 is 2.30 bits per heavy atom. The first kappa shape index (κ1) is 15.0. The Kier molecular flexibility index (Phi) is 4.00. The molecule has 23 heavy (non-hydrogen) atoms. The van der Waals surface area contributed by atoms with Crippen molar-refractivity contribution in [1.29, 1.82) is 0 Å². The Bertz CT molecular complexity index is 593. The minimum atomic E-state index is -0.252. The molecule has 2 heteroatoms. The van der Waals surface area contributed by atoms with Gasteiger partial charge in [-0.15, -0.1) is 0 Å². The molecular weight excluding hydrogens is 284 g/mol. The number of fused-ring (bicyclic) bond motifs is 2. The van der Waals surface area contributed by atoms with Gasteiger partial charge in [-0.25, -0.2) is 0 Å². The molecule has 0 aliphatic heterocycles. The number of allylic oxidation sites excluding steroid dienone is 2. The molecule has 2 saturated carbocycles. The first-order chi connectivity index (χ1) is 11.2. The number of carbonyl (C=O) groups excluding carboxylic acids is 1. The highest BCUT2D eigenvalue weighted by molar-refractivity contribution is 5.69. The first-order valence-electron chi connectivity index (χ1n) is 9.16. The van der Waals surface area contributed by atoms with Crippen LogP contribution in [-0.4, -0.2) is 5.97 Å². The molecule has 0 N–H and O–H groups in total. The number of rotatable bonds is 3. The lowest BCUT2D eigenvalue weighted by molar-refractivity contribution is -0.131. The van der Waals surface area contributed by atoms with Crippen molar-refractivity contribution in [3.05, 3.63) is 42.0 Å². The van der Waals surface area contributed by atoms with Crippen molar-refractivity contribution in [2.75, 3.05) is 0 Å². The largest absolute Gasteiger partial charge is 0.427 e. The van der Waals surface area contributed by atoms with E-state index in [0.717, 1.165) is 23.7 Å². The van der Waals surface area contributed by atoms with Gasteiger partial charge >= 0.3 is 5.97 Å². The van der Waals surface area contributed by atoms with Crippen LogP contribution in [0.3, 0.4) is 0 Å². The van der Waals surface area contributed by atoms with E-state index in [-0.39, 0.29) is 5.97 Å². The zero-order chi connectivity index (χ0) is 15.8. The van der Waals surface area contributed by atoms with Gasteiger partial charge < -0.3 is 4.74 Å². The van der Waals surface area contributed by atoms with E-state index in [0.29, 0.717) is 11.7 Å². The second-order valence-electron chi connectivity index (χ2n) is 7.72. The molecule has 3 aliphatic carbocycles. The molecule has 3 aliphatic rings. The summed E-state index contributed by atoms with van der Waals surface area (Å²) >= 11 is 0. The zero-order valence-corrected chi connectivity index (χ0v) is 13.9. The molecule has 0 heterocycles.